The summed E-state index contributed by atoms with van der Waals surface area (Å²) in [5.41, 5.74) is 1.82. The minimum atomic E-state index is 0.235. The lowest BCUT2D eigenvalue weighted by Gasteiger charge is -2.23. The van der Waals surface area contributed by atoms with Gasteiger partial charge in [-0.1, -0.05) is 13.0 Å². The van der Waals surface area contributed by atoms with Crippen LogP contribution in [-0.4, -0.2) is 44.5 Å². The number of hydrogen-bond acceptors (Lipinski definition) is 4. The molecule has 0 atom stereocenters. The number of nitrogens with zero attached hydrogens (tertiary/aromatic N) is 1. The second-order valence-corrected chi connectivity index (χ2v) is 5.34. The summed E-state index contributed by atoms with van der Waals surface area (Å²) < 4.78 is 11.0. The van der Waals surface area contributed by atoms with E-state index < -0.39 is 0 Å². The van der Waals surface area contributed by atoms with Crippen LogP contribution in [0.25, 0.3) is 6.08 Å². The zero-order chi connectivity index (χ0) is 15.2. The van der Waals surface area contributed by atoms with Crippen molar-refractivity contribution < 1.29 is 14.3 Å². The molecule has 1 saturated heterocycles. The fraction of sp³-hybridized carbons (Fsp3) is 0.471. The SMILES string of the molecule is CCCOc1ccc(/C=C2\CN(C)CCC2=O)cc1OC. The minimum Gasteiger partial charge on any atom is -0.493 e. The second kappa shape index (κ2) is 7.27. The number of ether oxygens (including phenoxy) is 2. The maximum Gasteiger partial charge on any atom is 0.161 e. The molecule has 1 aliphatic heterocycles. The van der Waals surface area contributed by atoms with Crippen molar-refractivity contribution in [1.29, 1.82) is 0 Å². The van der Waals surface area contributed by atoms with Crippen molar-refractivity contribution in [2.75, 3.05) is 33.9 Å². The number of likely N-dealkylation sites (tertiary alicyclic amines) is 1. The Morgan fingerprint density at radius 2 is 2.14 bits per heavy atom. The smallest absolute Gasteiger partial charge is 0.161 e. The van der Waals surface area contributed by atoms with Crippen LogP contribution in [0.5, 0.6) is 11.5 Å². The zero-order valence-corrected chi connectivity index (χ0v) is 13.0. The van der Waals surface area contributed by atoms with Gasteiger partial charge in [0.1, 0.15) is 0 Å². The molecule has 4 heteroatoms. The first-order valence-electron chi connectivity index (χ1n) is 7.37. The maximum atomic E-state index is 12.0. The molecule has 1 aromatic rings. The first kappa shape index (κ1) is 15.6. The molecule has 0 spiro atoms. The summed E-state index contributed by atoms with van der Waals surface area (Å²) in [7, 11) is 3.66. The van der Waals surface area contributed by atoms with Gasteiger partial charge in [0.15, 0.2) is 17.3 Å². The number of likely N-dealkylation sites (N-methyl/N-ethyl adjacent to an activating group) is 1. The number of methoxy groups -OCH3 is 1. The normalized spacial score (nSPS) is 18.0. The highest BCUT2D eigenvalue weighted by Gasteiger charge is 2.18. The molecule has 2 rings (SSSR count). The van der Waals surface area contributed by atoms with E-state index in [1.807, 2.05) is 31.3 Å². The van der Waals surface area contributed by atoms with Crippen LogP contribution in [0.1, 0.15) is 25.3 Å². The Balaban J connectivity index is 2.22. The molecule has 0 saturated carbocycles. The number of piperidine rings is 1. The van der Waals surface area contributed by atoms with E-state index in [1.165, 1.54) is 0 Å². The first-order valence-corrected chi connectivity index (χ1v) is 7.37. The van der Waals surface area contributed by atoms with Crippen LogP contribution in [0.2, 0.25) is 0 Å². The number of ketones is 1. The zero-order valence-electron chi connectivity index (χ0n) is 13.0. The molecular formula is C17H23NO3. The summed E-state index contributed by atoms with van der Waals surface area (Å²) in [6, 6.07) is 5.78. The maximum absolute atomic E-state index is 12.0. The number of rotatable bonds is 5. The fourth-order valence-electron chi connectivity index (χ4n) is 2.34. The molecule has 1 aliphatic rings. The lowest BCUT2D eigenvalue weighted by atomic mass is 10.0. The standard InChI is InChI=1S/C17H23NO3/c1-4-9-21-16-6-5-13(11-17(16)20-3)10-14-12-18(2)8-7-15(14)19/h5-6,10-11H,4,7-9,12H2,1-3H3/b14-10+. The van der Waals surface area contributed by atoms with Crippen molar-refractivity contribution in [2.24, 2.45) is 0 Å². The Labute approximate surface area is 126 Å². The van der Waals surface area contributed by atoms with E-state index >= 15 is 0 Å². The van der Waals surface area contributed by atoms with E-state index in [0.29, 0.717) is 25.3 Å². The van der Waals surface area contributed by atoms with Gasteiger partial charge in [-0.25, -0.2) is 0 Å². The topological polar surface area (TPSA) is 38.8 Å². The molecular weight excluding hydrogens is 266 g/mol. The third-order valence-corrected chi connectivity index (χ3v) is 3.51. The molecule has 0 unspecified atom stereocenters. The Kier molecular flexibility index (Phi) is 5.39. The van der Waals surface area contributed by atoms with E-state index in [0.717, 1.165) is 29.9 Å². The van der Waals surface area contributed by atoms with Crippen molar-refractivity contribution in [3.63, 3.8) is 0 Å². The third-order valence-electron chi connectivity index (χ3n) is 3.51. The van der Waals surface area contributed by atoms with Gasteiger partial charge < -0.3 is 14.4 Å². The third kappa shape index (κ3) is 4.08. The molecule has 4 nitrogen and oxygen atoms in total. The summed E-state index contributed by atoms with van der Waals surface area (Å²) in [4.78, 5) is 14.1. The van der Waals surface area contributed by atoms with E-state index in [1.54, 1.807) is 7.11 Å². The van der Waals surface area contributed by atoms with Crippen molar-refractivity contribution >= 4 is 11.9 Å². The predicted molar refractivity (Wildman–Crippen MR) is 83.9 cm³/mol. The molecule has 1 heterocycles. The summed E-state index contributed by atoms with van der Waals surface area (Å²) in [5, 5.41) is 0. The van der Waals surface area contributed by atoms with Gasteiger partial charge in [-0.05, 0) is 37.2 Å². The molecule has 0 bridgehead atoms. The lowest BCUT2D eigenvalue weighted by Crippen LogP contribution is -2.32. The average molecular weight is 289 g/mol. The van der Waals surface area contributed by atoms with Crippen molar-refractivity contribution in [3.05, 3.63) is 29.3 Å². The number of carbonyl (C=O) groups is 1. The van der Waals surface area contributed by atoms with Crippen LogP contribution in [0, 0.1) is 0 Å². The van der Waals surface area contributed by atoms with Gasteiger partial charge in [-0.15, -0.1) is 0 Å². The van der Waals surface area contributed by atoms with E-state index in [-0.39, 0.29) is 5.78 Å². The Bertz CT molecular complexity index is 537. The first-order chi connectivity index (χ1) is 10.1. The average Bonchev–Trinajstić information content (AvgIpc) is 2.49. The number of hydrogen-bond donors (Lipinski definition) is 0. The molecule has 1 aromatic carbocycles. The van der Waals surface area contributed by atoms with Crippen LogP contribution in [0.15, 0.2) is 23.8 Å². The van der Waals surface area contributed by atoms with Crippen LogP contribution in [0.3, 0.4) is 0 Å². The molecule has 1 fully saturated rings. The number of Topliss-reactive ketones (excluding diaryl/α,β-unsaturated/α-hetero) is 1. The highest BCUT2D eigenvalue weighted by molar-refractivity contribution is 6.00. The van der Waals surface area contributed by atoms with Crippen LogP contribution in [0.4, 0.5) is 0 Å². The van der Waals surface area contributed by atoms with E-state index in [9.17, 15) is 4.79 Å². The summed E-state index contributed by atoms with van der Waals surface area (Å²) in [6.45, 7) is 4.27. The van der Waals surface area contributed by atoms with E-state index in [2.05, 4.69) is 11.8 Å². The second-order valence-electron chi connectivity index (χ2n) is 5.34. The summed E-state index contributed by atoms with van der Waals surface area (Å²) >= 11 is 0. The molecule has 0 N–H and O–H groups in total. The lowest BCUT2D eigenvalue weighted by molar-refractivity contribution is -0.117. The van der Waals surface area contributed by atoms with Gasteiger partial charge in [0, 0.05) is 25.1 Å². The molecule has 0 aromatic heterocycles. The summed E-state index contributed by atoms with van der Waals surface area (Å²) in [6.07, 6.45) is 3.50. The van der Waals surface area contributed by atoms with Gasteiger partial charge in [0.05, 0.1) is 13.7 Å². The molecule has 0 aliphatic carbocycles. The highest BCUT2D eigenvalue weighted by atomic mass is 16.5. The molecule has 114 valence electrons. The summed E-state index contributed by atoms with van der Waals surface area (Å²) in [5.74, 6) is 1.68. The van der Waals surface area contributed by atoms with Gasteiger partial charge in [-0.3, -0.25) is 4.79 Å². The largest absolute Gasteiger partial charge is 0.493 e. The van der Waals surface area contributed by atoms with Crippen LogP contribution in [-0.2, 0) is 4.79 Å². The Morgan fingerprint density at radius 3 is 2.86 bits per heavy atom. The monoisotopic (exact) mass is 289 g/mol. The molecule has 0 amide bonds. The van der Waals surface area contributed by atoms with E-state index in [4.69, 9.17) is 9.47 Å². The predicted octanol–water partition coefficient (Wildman–Crippen LogP) is 2.77. The highest BCUT2D eigenvalue weighted by Crippen LogP contribution is 2.29. The van der Waals surface area contributed by atoms with Gasteiger partial charge in [-0.2, -0.15) is 0 Å². The van der Waals surface area contributed by atoms with Crippen molar-refractivity contribution in [3.8, 4) is 11.5 Å². The number of carbonyl (C=O) groups excluding carboxylic acids is 1. The number of benzene rings is 1. The van der Waals surface area contributed by atoms with Crippen LogP contribution < -0.4 is 9.47 Å². The van der Waals surface area contributed by atoms with Gasteiger partial charge in [0.25, 0.3) is 0 Å². The fourth-order valence-corrected chi connectivity index (χ4v) is 2.34. The minimum absolute atomic E-state index is 0.235. The van der Waals surface area contributed by atoms with Gasteiger partial charge in [0.2, 0.25) is 0 Å². The van der Waals surface area contributed by atoms with Gasteiger partial charge >= 0.3 is 0 Å². The van der Waals surface area contributed by atoms with Crippen molar-refractivity contribution in [2.45, 2.75) is 19.8 Å². The Morgan fingerprint density at radius 1 is 1.33 bits per heavy atom. The van der Waals surface area contributed by atoms with Crippen LogP contribution >= 0.6 is 0 Å². The molecule has 0 radical (unpaired) electrons. The Hall–Kier alpha value is -1.81. The quantitative estimate of drug-likeness (QED) is 0.781. The van der Waals surface area contributed by atoms with Crippen molar-refractivity contribution in [1.82, 2.24) is 4.90 Å². The molecule has 21 heavy (non-hydrogen) atoms.